The minimum absolute atomic E-state index is 0.00215. The molecule has 0 radical (unpaired) electrons. The van der Waals surface area contributed by atoms with Crippen molar-refractivity contribution in [3.63, 3.8) is 0 Å². The first-order valence-electron chi connectivity index (χ1n) is 7.32. The van der Waals surface area contributed by atoms with Crippen molar-refractivity contribution in [1.29, 1.82) is 0 Å². The summed E-state index contributed by atoms with van der Waals surface area (Å²) in [4.78, 5) is 16.4. The molecule has 2 N–H and O–H groups in total. The van der Waals surface area contributed by atoms with E-state index in [4.69, 9.17) is 5.11 Å². The Morgan fingerprint density at radius 3 is 3.18 bits per heavy atom. The molecule has 0 saturated heterocycles. The maximum atomic E-state index is 13.3. The summed E-state index contributed by atoms with van der Waals surface area (Å²) in [5.74, 6) is -0.484. The number of hydrogen-bond donors (Lipinski definition) is 2. The second kappa shape index (κ2) is 6.27. The molecule has 0 aliphatic carbocycles. The van der Waals surface area contributed by atoms with Crippen molar-refractivity contribution >= 4 is 5.91 Å². The summed E-state index contributed by atoms with van der Waals surface area (Å²) in [6, 6.07) is 4.50. The summed E-state index contributed by atoms with van der Waals surface area (Å²) >= 11 is 0. The van der Waals surface area contributed by atoms with Gasteiger partial charge in [-0.2, -0.15) is 0 Å². The van der Waals surface area contributed by atoms with E-state index in [1.54, 1.807) is 24.7 Å². The molecule has 1 unspecified atom stereocenters. The Bertz CT molecular complexity index is 684. The van der Waals surface area contributed by atoms with Crippen molar-refractivity contribution in [2.24, 2.45) is 5.92 Å². The standard InChI is InChI=1S/C16H18FN3O2/c17-15-2-1-11(5-13(15)9-21)7-19-16(22)12-3-4-20-10-18-8-14(20)6-12/h1-2,5,8,10,12,21H,3-4,6-7,9H2,(H,19,22). The number of aliphatic hydroxyl groups excluding tert-OH is 1. The molecule has 2 heterocycles. The third-order valence-corrected chi connectivity index (χ3v) is 4.09. The number of carbonyl (C=O) groups excluding carboxylic acids is 1. The van der Waals surface area contributed by atoms with Crippen LogP contribution in [0.25, 0.3) is 0 Å². The molecule has 2 aromatic rings. The fraction of sp³-hybridized carbons (Fsp3) is 0.375. The Morgan fingerprint density at radius 1 is 1.50 bits per heavy atom. The normalized spacial score (nSPS) is 17.1. The number of nitrogens with zero attached hydrogens (tertiary/aromatic N) is 2. The second-order valence-corrected chi connectivity index (χ2v) is 5.57. The van der Waals surface area contributed by atoms with Crippen LogP contribution in [0.15, 0.2) is 30.7 Å². The molecule has 0 spiro atoms. The van der Waals surface area contributed by atoms with Gasteiger partial charge in [0.25, 0.3) is 0 Å². The van der Waals surface area contributed by atoms with E-state index in [1.807, 2.05) is 0 Å². The van der Waals surface area contributed by atoms with Crippen LogP contribution in [0, 0.1) is 11.7 Å². The van der Waals surface area contributed by atoms with Crippen LogP contribution < -0.4 is 5.32 Å². The molecule has 22 heavy (non-hydrogen) atoms. The first-order valence-corrected chi connectivity index (χ1v) is 7.32. The van der Waals surface area contributed by atoms with E-state index in [1.165, 1.54) is 6.07 Å². The number of rotatable bonds is 4. The summed E-state index contributed by atoms with van der Waals surface area (Å²) in [5.41, 5.74) is 2.10. The molecule has 3 rings (SSSR count). The number of amides is 1. The van der Waals surface area contributed by atoms with Crippen LogP contribution in [0.1, 0.15) is 23.2 Å². The maximum absolute atomic E-state index is 13.3. The van der Waals surface area contributed by atoms with E-state index in [-0.39, 0.29) is 24.0 Å². The lowest BCUT2D eigenvalue weighted by molar-refractivity contribution is -0.125. The molecule has 1 atom stereocenters. The first kappa shape index (κ1) is 14.7. The third kappa shape index (κ3) is 3.01. The van der Waals surface area contributed by atoms with Gasteiger partial charge in [0.2, 0.25) is 5.91 Å². The third-order valence-electron chi connectivity index (χ3n) is 4.09. The van der Waals surface area contributed by atoms with Crippen LogP contribution in [-0.4, -0.2) is 20.6 Å². The lowest BCUT2D eigenvalue weighted by atomic mass is 9.95. The minimum atomic E-state index is -0.432. The molecule has 0 fully saturated rings. The number of aryl methyl sites for hydroxylation is 1. The Kier molecular flexibility index (Phi) is 4.20. The van der Waals surface area contributed by atoms with Crippen molar-refractivity contribution in [2.45, 2.75) is 32.5 Å². The van der Waals surface area contributed by atoms with Crippen LogP contribution in [-0.2, 0) is 30.9 Å². The highest BCUT2D eigenvalue weighted by molar-refractivity contribution is 5.79. The van der Waals surface area contributed by atoms with Gasteiger partial charge in [0.15, 0.2) is 0 Å². The molecule has 5 nitrogen and oxygen atoms in total. The highest BCUT2D eigenvalue weighted by Gasteiger charge is 2.24. The van der Waals surface area contributed by atoms with Gasteiger partial charge in [0.1, 0.15) is 5.82 Å². The van der Waals surface area contributed by atoms with Gasteiger partial charge in [0, 0.05) is 42.9 Å². The van der Waals surface area contributed by atoms with Crippen molar-refractivity contribution in [3.8, 4) is 0 Å². The van der Waals surface area contributed by atoms with Crippen molar-refractivity contribution in [3.05, 3.63) is 53.4 Å². The first-order chi connectivity index (χ1) is 10.7. The summed E-state index contributed by atoms with van der Waals surface area (Å²) in [5, 5.41) is 12.0. The largest absolute Gasteiger partial charge is 0.392 e. The molecule has 6 heteroatoms. The zero-order valence-electron chi connectivity index (χ0n) is 12.1. The number of carbonyl (C=O) groups is 1. The zero-order valence-corrected chi connectivity index (χ0v) is 12.1. The number of aliphatic hydroxyl groups is 1. The Hall–Kier alpha value is -2.21. The fourth-order valence-corrected chi connectivity index (χ4v) is 2.79. The molecular formula is C16H18FN3O2. The van der Waals surface area contributed by atoms with Gasteiger partial charge in [-0.1, -0.05) is 6.07 Å². The SMILES string of the molecule is O=C(NCc1ccc(F)c(CO)c1)C1CCn2cncc2C1. The molecule has 1 aromatic carbocycles. The molecule has 0 bridgehead atoms. The molecule has 1 aliphatic rings. The number of hydrogen-bond acceptors (Lipinski definition) is 3. The molecule has 0 saturated carbocycles. The number of imidazole rings is 1. The fourth-order valence-electron chi connectivity index (χ4n) is 2.79. The zero-order chi connectivity index (χ0) is 15.5. The quantitative estimate of drug-likeness (QED) is 0.897. The number of benzene rings is 1. The molecule has 116 valence electrons. The van der Waals surface area contributed by atoms with Gasteiger partial charge >= 0.3 is 0 Å². The second-order valence-electron chi connectivity index (χ2n) is 5.57. The Labute approximate surface area is 127 Å². The number of fused-ring (bicyclic) bond motifs is 1. The van der Waals surface area contributed by atoms with Crippen molar-refractivity contribution < 1.29 is 14.3 Å². The van der Waals surface area contributed by atoms with E-state index < -0.39 is 5.82 Å². The van der Waals surface area contributed by atoms with Crippen LogP contribution in [0.3, 0.4) is 0 Å². The summed E-state index contributed by atoms with van der Waals surface area (Å²) < 4.78 is 15.4. The average molecular weight is 303 g/mol. The van der Waals surface area contributed by atoms with E-state index in [0.717, 1.165) is 24.2 Å². The van der Waals surface area contributed by atoms with Gasteiger partial charge in [-0.25, -0.2) is 9.37 Å². The monoisotopic (exact) mass is 303 g/mol. The predicted molar refractivity (Wildman–Crippen MR) is 78.2 cm³/mol. The minimum Gasteiger partial charge on any atom is -0.392 e. The van der Waals surface area contributed by atoms with Crippen molar-refractivity contribution in [2.75, 3.05) is 0 Å². The van der Waals surface area contributed by atoms with Gasteiger partial charge in [-0.05, 0) is 24.1 Å². The van der Waals surface area contributed by atoms with Crippen LogP contribution in [0.4, 0.5) is 4.39 Å². The van der Waals surface area contributed by atoms with Crippen LogP contribution >= 0.6 is 0 Å². The smallest absolute Gasteiger partial charge is 0.223 e. The van der Waals surface area contributed by atoms with Gasteiger partial charge in [0.05, 0.1) is 12.9 Å². The molecule has 1 aromatic heterocycles. The number of halogens is 1. The van der Waals surface area contributed by atoms with E-state index in [9.17, 15) is 9.18 Å². The van der Waals surface area contributed by atoms with Crippen LogP contribution in [0.5, 0.6) is 0 Å². The van der Waals surface area contributed by atoms with E-state index in [2.05, 4.69) is 14.9 Å². The Balaban J connectivity index is 1.59. The highest BCUT2D eigenvalue weighted by Crippen LogP contribution is 2.20. The van der Waals surface area contributed by atoms with E-state index in [0.29, 0.717) is 13.0 Å². The lowest BCUT2D eigenvalue weighted by Gasteiger charge is -2.23. The molecule has 1 aliphatic heterocycles. The topological polar surface area (TPSA) is 67.2 Å². The number of nitrogens with one attached hydrogen (secondary N) is 1. The number of aromatic nitrogens is 2. The van der Waals surface area contributed by atoms with Crippen LogP contribution in [0.2, 0.25) is 0 Å². The van der Waals surface area contributed by atoms with Gasteiger partial charge in [-0.15, -0.1) is 0 Å². The maximum Gasteiger partial charge on any atom is 0.223 e. The highest BCUT2D eigenvalue weighted by atomic mass is 19.1. The van der Waals surface area contributed by atoms with E-state index >= 15 is 0 Å². The van der Waals surface area contributed by atoms with Crippen molar-refractivity contribution in [1.82, 2.24) is 14.9 Å². The summed E-state index contributed by atoms with van der Waals surface area (Å²) in [7, 11) is 0. The molecular weight excluding hydrogens is 285 g/mol. The van der Waals surface area contributed by atoms with Gasteiger partial charge in [-0.3, -0.25) is 4.79 Å². The predicted octanol–water partition coefficient (Wildman–Crippen LogP) is 1.39. The summed E-state index contributed by atoms with van der Waals surface area (Å²) in [6.45, 7) is 0.792. The lowest BCUT2D eigenvalue weighted by Crippen LogP contribution is -2.34. The molecule has 1 amide bonds. The Morgan fingerprint density at radius 2 is 2.36 bits per heavy atom. The average Bonchev–Trinajstić information content (AvgIpc) is 3.01. The van der Waals surface area contributed by atoms with Gasteiger partial charge < -0.3 is 15.0 Å². The summed E-state index contributed by atoms with van der Waals surface area (Å²) in [6.07, 6.45) is 5.07.